The van der Waals surface area contributed by atoms with E-state index in [1.807, 2.05) is 35.2 Å². The lowest BCUT2D eigenvalue weighted by Crippen LogP contribution is -2.45. The van der Waals surface area contributed by atoms with E-state index in [9.17, 15) is 14.4 Å². The van der Waals surface area contributed by atoms with Crippen LogP contribution in [0.2, 0.25) is 0 Å². The van der Waals surface area contributed by atoms with Gasteiger partial charge in [0.1, 0.15) is 18.1 Å². The molecule has 30 heavy (non-hydrogen) atoms. The average molecular weight is 411 g/mol. The minimum atomic E-state index is -0.564. The predicted octanol–water partition coefficient (Wildman–Crippen LogP) is 2.41. The predicted molar refractivity (Wildman–Crippen MR) is 107 cm³/mol. The lowest BCUT2D eigenvalue weighted by Gasteiger charge is -2.23. The maximum absolute atomic E-state index is 12.4. The molecule has 1 aliphatic heterocycles. The Labute approximate surface area is 174 Å². The molecule has 8 heteroatoms. The van der Waals surface area contributed by atoms with Crippen LogP contribution in [0.15, 0.2) is 46.9 Å². The van der Waals surface area contributed by atoms with Crippen LogP contribution in [0.4, 0.5) is 0 Å². The maximum Gasteiger partial charge on any atom is 0.305 e. The highest BCUT2D eigenvalue weighted by molar-refractivity contribution is 5.94. The molecular weight excluding hydrogens is 386 g/mol. The van der Waals surface area contributed by atoms with Crippen molar-refractivity contribution >= 4 is 17.7 Å². The van der Waals surface area contributed by atoms with Crippen molar-refractivity contribution in [2.45, 2.75) is 44.8 Å². The zero-order chi connectivity index (χ0) is 20.9. The van der Waals surface area contributed by atoms with Crippen molar-refractivity contribution < 1.29 is 23.5 Å². The molecule has 1 aliphatic carbocycles. The molecule has 1 aromatic heterocycles. The standard InChI is InChI=1S/C22H25N3O5/c26-20-12-15(13-25(20)16-6-4-5-7-16)21(27)23-24-22(28)19-11-10-18(30-19)14-29-17-8-2-1-3-9-17/h1-3,8-11,15-16H,4-7,12-14H2,(H,23,27)(H,24,28). The Morgan fingerprint density at radius 1 is 1.07 bits per heavy atom. The van der Waals surface area contributed by atoms with Gasteiger partial charge in [-0.05, 0) is 37.1 Å². The molecule has 2 heterocycles. The molecule has 1 saturated heterocycles. The average Bonchev–Trinajstić information content (AvgIpc) is 3.51. The van der Waals surface area contributed by atoms with Crippen LogP contribution < -0.4 is 15.6 Å². The van der Waals surface area contributed by atoms with Crippen LogP contribution in [0, 0.1) is 5.92 Å². The van der Waals surface area contributed by atoms with E-state index in [2.05, 4.69) is 10.9 Å². The van der Waals surface area contributed by atoms with Gasteiger partial charge in [0.2, 0.25) is 11.8 Å². The van der Waals surface area contributed by atoms with Gasteiger partial charge < -0.3 is 14.1 Å². The summed E-state index contributed by atoms with van der Waals surface area (Å²) in [6.07, 6.45) is 4.45. The third-order valence-electron chi connectivity index (χ3n) is 5.60. The summed E-state index contributed by atoms with van der Waals surface area (Å²) in [6, 6.07) is 12.7. The molecule has 2 aliphatic rings. The highest BCUT2D eigenvalue weighted by Gasteiger charge is 2.38. The number of ether oxygens (including phenoxy) is 1. The van der Waals surface area contributed by atoms with E-state index >= 15 is 0 Å². The number of hydrogen-bond acceptors (Lipinski definition) is 5. The fourth-order valence-electron chi connectivity index (χ4n) is 4.01. The second-order valence-electron chi connectivity index (χ2n) is 7.70. The largest absolute Gasteiger partial charge is 0.486 e. The Morgan fingerprint density at radius 2 is 1.83 bits per heavy atom. The molecular formula is C22H25N3O5. The SMILES string of the molecule is O=C(NNC(=O)C1CC(=O)N(C2CCCC2)C1)c1ccc(COc2ccccc2)o1. The highest BCUT2D eigenvalue weighted by atomic mass is 16.5. The quantitative estimate of drug-likeness (QED) is 0.711. The van der Waals surface area contributed by atoms with Crippen LogP contribution >= 0.6 is 0 Å². The zero-order valence-corrected chi connectivity index (χ0v) is 16.6. The Morgan fingerprint density at radius 3 is 2.60 bits per heavy atom. The number of carbonyl (C=O) groups is 3. The van der Waals surface area contributed by atoms with E-state index in [0.717, 1.165) is 25.7 Å². The maximum atomic E-state index is 12.4. The molecule has 2 N–H and O–H groups in total. The second kappa shape index (κ2) is 9.02. The summed E-state index contributed by atoms with van der Waals surface area (Å²) < 4.78 is 11.1. The summed E-state index contributed by atoms with van der Waals surface area (Å²) in [4.78, 5) is 38.7. The van der Waals surface area contributed by atoms with E-state index in [4.69, 9.17) is 9.15 Å². The molecule has 4 rings (SSSR count). The van der Waals surface area contributed by atoms with Gasteiger partial charge in [0.05, 0.1) is 5.92 Å². The molecule has 158 valence electrons. The number of nitrogens with one attached hydrogen (secondary N) is 2. The zero-order valence-electron chi connectivity index (χ0n) is 16.6. The molecule has 8 nitrogen and oxygen atoms in total. The van der Waals surface area contributed by atoms with E-state index in [0.29, 0.717) is 18.1 Å². The molecule has 2 aromatic rings. The molecule has 1 atom stereocenters. The highest BCUT2D eigenvalue weighted by Crippen LogP contribution is 2.29. The van der Waals surface area contributed by atoms with Crippen molar-refractivity contribution in [3.05, 3.63) is 54.0 Å². The lowest BCUT2D eigenvalue weighted by atomic mass is 10.1. The van der Waals surface area contributed by atoms with Crippen molar-refractivity contribution in [3.63, 3.8) is 0 Å². The summed E-state index contributed by atoms with van der Waals surface area (Å²) in [6.45, 7) is 0.595. The Hall–Kier alpha value is -3.29. The van der Waals surface area contributed by atoms with Crippen molar-refractivity contribution in [3.8, 4) is 5.75 Å². The first-order valence-corrected chi connectivity index (χ1v) is 10.3. The first-order valence-electron chi connectivity index (χ1n) is 10.3. The molecule has 3 amide bonds. The van der Waals surface area contributed by atoms with Crippen LogP contribution in [-0.2, 0) is 16.2 Å². The number of benzene rings is 1. The number of hydrogen-bond donors (Lipinski definition) is 2. The summed E-state index contributed by atoms with van der Waals surface area (Å²) in [5.74, 6) is -0.110. The fourth-order valence-corrected chi connectivity index (χ4v) is 4.01. The van der Waals surface area contributed by atoms with Gasteiger partial charge in [-0.3, -0.25) is 25.2 Å². The minimum Gasteiger partial charge on any atom is -0.486 e. The van der Waals surface area contributed by atoms with E-state index in [-0.39, 0.29) is 36.6 Å². The summed E-state index contributed by atoms with van der Waals surface area (Å²) >= 11 is 0. The number of para-hydroxylation sites is 1. The number of furan rings is 1. The summed E-state index contributed by atoms with van der Waals surface area (Å²) in [7, 11) is 0. The first-order chi connectivity index (χ1) is 14.6. The third-order valence-corrected chi connectivity index (χ3v) is 5.60. The van der Waals surface area contributed by atoms with Gasteiger partial charge in [-0.25, -0.2) is 0 Å². The first kappa shape index (κ1) is 20.0. The summed E-state index contributed by atoms with van der Waals surface area (Å²) in [5, 5.41) is 0. The van der Waals surface area contributed by atoms with E-state index in [1.54, 1.807) is 6.07 Å². The number of rotatable bonds is 6. The fraction of sp³-hybridized carbons (Fsp3) is 0.409. The van der Waals surface area contributed by atoms with Crippen LogP contribution in [-0.4, -0.2) is 35.2 Å². The van der Waals surface area contributed by atoms with Gasteiger partial charge in [-0.15, -0.1) is 0 Å². The van der Waals surface area contributed by atoms with Crippen LogP contribution in [0.3, 0.4) is 0 Å². The van der Waals surface area contributed by atoms with Gasteiger partial charge in [0.25, 0.3) is 0 Å². The third kappa shape index (κ3) is 4.64. The number of amides is 3. The monoisotopic (exact) mass is 411 g/mol. The van der Waals surface area contributed by atoms with Gasteiger partial charge in [0, 0.05) is 19.0 Å². The van der Waals surface area contributed by atoms with Gasteiger partial charge in [-0.2, -0.15) is 0 Å². The van der Waals surface area contributed by atoms with Crippen molar-refractivity contribution in [1.29, 1.82) is 0 Å². The number of hydrazine groups is 1. The molecule has 1 saturated carbocycles. The van der Waals surface area contributed by atoms with Crippen LogP contribution in [0.5, 0.6) is 5.75 Å². The van der Waals surface area contributed by atoms with Crippen molar-refractivity contribution in [2.24, 2.45) is 5.92 Å². The van der Waals surface area contributed by atoms with Crippen molar-refractivity contribution in [1.82, 2.24) is 15.8 Å². The molecule has 2 fully saturated rings. The molecule has 0 spiro atoms. The van der Waals surface area contributed by atoms with E-state index in [1.165, 1.54) is 6.07 Å². The molecule has 0 radical (unpaired) electrons. The number of carbonyl (C=O) groups excluding carboxylic acids is 3. The number of likely N-dealkylation sites (tertiary alicyclic amines) is 1. The topological polar surface area (TPSA) is 101 Å². The van der Waals surface area contributed by atoms with Crippen LogP contribution in [0.1, 0.15) is 48.4 Å². The Balaban J connectivity index is 1.24. The molecule has 0 bridgehead atoms. The van der Waals surface area contributed by atoms with Crippen molar-refractivity contribution in [2.75, 3.05) is 6.54 Å². The van der Waals surface area contributed by atoms with E-state index < -0.39 is 11.8 Å². The normalized spacial score (nSPS) is 19.1. The Bertz CT molecular complexity index is 905. The Kier molecular flexibility index (Phi) is 6.02. The summed E-state index contributed by atoms with van der Waals surface area (Å²) in [5.41, 5.74) is 4.77. The lowest BCUT2D eigenvalue weighted by molar-refractivity contribution is -0.130. The smallest absolute Gasteiger partial charge is 0.305 e. The van der Waals surface area contributed by atoms with Gasteiger partial charge >= 0.3 is 5.91 Å². The molecule has 1 aromatic carbocycles. The minimum absolute atomic E-state index is 0.0162. The number of nitrogens with zero attached hydrogens (tertiary/aromatic N) is 1. The molecule has 1 unspecified atom stereocenters. The van der Waals surface area contributed by atoms with Gasteiger partial charge in [0.15, 0.2) is 5.76 Å². The second-order valence-corrected chi connectivity index (χ2v) is 7.70. The van der Waals surface area contributed by atoms with Gasteiger partial charge in [-0.1, -0.05) is 31.0 Å². The van der Waals surface area contributed by atoms with Crippen LogP contribution in [0.25, 0.3) is 0 Å².